The van der Waals surface area contributed by atoms with E-state index in [2.05, 4.69) is 41.0 Å². The van der Waals surface area contributed by atoms with E-state index in [9.17, 15) is 14.4 Å². The predicted octanol–water partition coefficient (Wildman–Crippen LogP) is 3.07. The first-order valence-corrected chi connectivity index (χ1v) is 9.24. The quantitative estimate of drug-likeness (QED) is 0.516. The van der Waals surface area contributed by atoms with Crippen LogP contribution in [0.1, 0.15) is 34.3 Å². The van der Waals surface area contributed by atoms with E-state index in [-0.39, 0.29) is 24.3 Å². The molecular weight excluding hydrogens is 352 g/mol. The van der Waals surface area contributed by atoms with Gasteiger partial charge in [0.15, 0.2) is 0 Å². The number of hydrogen-bond acceptors (Lipinski definition) is 3. The summed E-state index contributed by atoms with van der Waals surface area (Å²) in [5.41, 5.74) is 1.93. The van der Waals surface area contributed by atoms with Crippen LogP contribution in [0.3, 0.4) is 0 Å². The molecule has 1 fully saturated rings. The van der Waals surface area contributed by atoms with Crippen molar-refractivity contribution in [1.29, 1.82) is 0 Å². The second-order valence-corrected chi connectivity index (χ2v) is 7.09. The molecule has 5 nitrogen and oxygen atoms in total. The van der Waals surface area contributed by atoms with Gasteiger partial charge < -0.3 is 10.6 Å². The highest BCUT2D eigenvalue weighted by molar-refractivity contribution is 6.23. The first-order valence-electron chi connectivity index (χ1n) is 9.24. The molecule has 28 heavy (non-hydrogen) atoms. The van der Waals surface area contributed by atoms with Gasteiger partial charge in [-0.05, 0) is 46.9 Å². The molecule has 0 aliphatic heterocycles. The van der Waals surface area contributed by atoms with Gasteiger partial charge in [0.2, 0.25) is 6.29 Å². The fourth-order valence-corrected chi connectivity index (χ4v) is 3.50. The van der Waals surface area contributed by atoms with Gasteiger partial charge in [0.25, 0.3) is 11.8 Å². The Bertz CT molecular complexity index is 1070. The summed E-state index contributed by atoms with van der Waals surface area (Å²) >= 11 is 0. The van der Waals surface area contributed by atoms with Crippen LogP contribution < -0.4 is 10.6 Å². The summed E-state index contributed by atoms with van der Waals surface area (Å²) < 4.78 is 0. The number of nitrogens with one attached hydrogen (secondary N) is 2. The van der Waals surface area contributed by atoms with Crippen LogP contribution in [-0.2, 0) is 21.7 Å². The summed E-state index contributed by atoms with van der Waals surface area (Å²) in [6.45, 7) is 0.129. The molecule has 5 heteroatoms. The van der Waals surface area contributed by atoms with E-state index in [1.807, 2.05) is 12.1 Å². The highest BCUT2D eigenvalue weighted by Crippen LogP contribution is 2.46. The average Bonchev–Trinajstić information content (AvgIpc) is 3.52. The van der Waals surface area contributed by atoms with E-state index in [1.165, 1.54) is 5.39 Å². The van der Waals surface area contributed by atoms with Gasteiger partial charge >= 0.3 is 0 Å². The summed E-state index contributed by atoms with van der Waals surface area (Å²) in [6, 6.07) is 21.5. The zero-order valence-corrected chi connectivity index (χ0v) is 15.3. The van der Waals surface area contributed by atoms with Crippen molar-refractivity contribution in [2.24, 2.45) is 0 Å². The summed E-state index contributed by atoms with van der Waals surface area (Å²) in [5.74, 6) is -0.883. The minimum Gasteiger partial charge on any atom is -0.346 e. The van der Waals surface area contributed by atoms with Crippen LogP contribution in [0.2, 0.25) is 0 Å². The Morgan fingerprint density at radius 1 is 0.929 bits per heavy atom. The molecule has 0 atom stereocenters. The number of hydrogen-bond donors (Lipinski definition) is 2. The second-order valence-electron chi connectivity index (χ2n) is 7.09. The van der Waals surface area contributed by atoms with Crippen molar-refractivity contribution in [3.05, 3.63) is 83.4 Å². The van der Waals surface area contributed by atoms with E-state index in [1.54, 1.807) is 24.3 Å². The molecule has 0 radical (unpaired) electrons. The number of amides is 2. The van der Waals surface area contributed by atoms with E-state index in [0.29, 0.717) is 11.1 Å². The lowest BCUT2D eigenvalue weighted by Crippen LogP contribution is -2.36. The lowest BCUT2D eigenvalue weighted by atomic mass is 9.99. The zero-order valence-electron chi connectivity index (χ0n) is 15.3. The maximum atomic E-state index is 13.0. The molecule has 0 aromatic heterocycles. The third-order valence-electron chi connectivity index (χ3n) is 5.23. The van der Waals surface area contributed by atoms with Crippen LogP contribution in [0.25, 0.3) is 10.8 Å². The molecule has 0 spiro atoms. The van der Waals surface area contributed by atoms with Crippen LogP contribution in [0.4, 0.5) is 0 Å². The van der Waals surface area contributed by atoms with Crippen LogP contribution in [0.5, 0.6) is 0 Å². The Hall–Kier alpha value is -3.47. The minimum atomic E-state index is -0.704. The smallest absolute Gasteiger partial charge is 0.284 e. The van der Waals surface area contributed by atoms with E-state index >= 15 is 0 Å². The molecule has 0 saturated heterocycles. The van der Waals surface area contributed by atoms with Crippen LogP contribution in [-0.4, -0.2) is 18.1 Å². The molecule has 0 heterocycles. The molecule has 0 bridgehead atoms. The van der Waals surface area contributed by atoms with Crippen molar-refractivity contribution in [3.8, 4) is 0 Å². The predicted molar refractivity (Wildman–Crippen MR) is 107 cm³/mol. The van der Waals surface area contributed by atoms with Crippen molar-refractivity contribution in [2.75, 3.05) is 0 Å². The highest BCUT2D eigenvalue weighted by Gasteiger charge is 2.46. The third-order valence-corrected chi connectivity index (χ3v) is 5.23. The van der Waals surface area contributed by atoms with Gasteiger partial charge in [-0.2, -0.15) is 0 Å². The Morgan fingerprint density at radius 3 is 2.39 bits per heavy atom. The second kappa shape index (κ2) is 7.27. The number of carbonyl (C=O) groups is 3. The van der Waals surface area contributed by atoms with Gasteiger partial charge in [0.05, 0.1) is 5.54 Å². The molecule has 1 saturated carbocycles. The van der Waals surface area contributed by atoms with Crippen LogP contribution in [0, 0.1) is 0 Å². The van der Waals surface area contributed by atoms with Gasteiger partial charge in [-0.25, -0.2) is 0 Å². The van der Waals surface area contributed by atoms with Gasteiger partial charge in [-0.1, -0.05) is 54.6 Å². The Kier molecular flexibility index (Phi) is 4.65. The van der Waals surface area contributed by atoms with Gasteiger partial charge in [0, 0.05) is 12.1 Å². The van der Waals surface area contributed by atoms with E-state index < -0.39 is 5.91 Å². The van der Waals surface area contributed by atoms with Crippen molar-refractivity contribution in [1.82, 2.24) is 10.6 Å². The monoisotopic (exact) mass is 372 g/mol. The molecule has 3 aromatic carbocycles. The largest absolute Gasteiger partial charge is 0.346 e. The number of aldehydes is 1. The molecule has 1 aliphatic carbocycles. The van der Waals surface area contributed by atoms with Crippen LogP contribution in [0.15, 0.2) is 66.7 Å². The molecule has 4 rings (SSSR count). The summed E-state index contributed by atoms with van der Waals surface area (Å²) in [4.78, 5) is 34.7. The molecule has 2 amide bonds. The first kappa shape index (κ1) is 17.9. The number of rotatable bonds is 6. The van der Waals surface area contributed by atoms with Crippen molar-refractivity contribution < 1.29 is 14.4 Å². The highest BCUT2D eigenvalue weighted by atomic mass is 16.2. The summed E-state index contributed by atoms with van der Waals surface area (Å²) in [7, 11) is 0. The van der Waals surface area contributed by atoms with E-state index in [4.69, 9.17) is 0 Å². The summed E-state index contributed by atoms with van der Waals surface area (Å²) in [5, 5.41) is 7.99. The summed E-state index contributed by atoms with van der Waals surface area (Å²) in [6.07, 6.45) is 2.00. The van der Waals surface area contributed by atoms with Crippen molar-refractivity contribution in [3.63, 3.8) is 0 Å². The van der Waals surface area contributed by atoms with Gasteiger partial charge in [-0.15, -0.1) is 0 Å². The lowest BCUT2D eigenvalue weighted by molar-refractivity contribution is -0.131. The van der Waals surface area contributed by atoms with Crippen LogP contribution >= 0.6 is 0 Å². The average molecular weight is 372 g/mol. The minimum absolute atomic E-state index is 0.129. The number of benzene rings is 3. The third kappa shape index (κ3) is 3.51. The van der Waals surface area contributed by atoms with Crippen molar-refractivity contribution in [2.45, 2.75) is 24.9 Å². The first-order chi connectivity index (χ1) is 13.6. The molecular formula is C23H20N2O3. The molecule has 140 valence electrons. The SMILES string of the molecule is O=CC(=O)NCc1ccccc1C(=O)NC1(c2ccc3ccccc3c2)CC1. The standard InChI is InChI=1S/C23H20N2O3/c26-15-21(27)24-14-18-7-3-4-8-20(18)22(28)25-23(11-12-23)19-10-9-16-5-1-2-6-17(16)13-19/h1-10,13,15H,11-12,14H2,(H,24,27)(H,25,28). The van der Waals surface area contributed by atoms with E-state index in [0.717, 1.165) is 23.8 Å². The maximum absolute atomic E-state index is 13.0. The molecule has 0 unspecified atom stereocenters. The topological polar surface area (TPSA) is 75.3 Å². The Balaban J connectivity index is 1.56. The van der Waals surface area contributed by atoms with Gasteiger partial charge in [0.1, 0.15) is 0 Å². The van der Waals surface area contributed by atoms with Crippen molar-refractivity contribution >= 4 is 28.9 Å². The Labute approximate surface area is 162 Å². The fraction of sp³-hybridized carbons (Fsp3) is 0.174. The molecule has 3 aromatic rings. The zero-order chi connectivity index (χ0) is 19.6. The lowest BCUT2D eigenvalue weighted by Gasteiger charge is -2.20. The maximum Gasteiger partial charge on any atom is 0.284 e. The number of carbonyl (C=O) groups excluding carboxylic acids is 3. The Morgan fingerprint density at radius 2 is 1.64 bits per heavy atom. The molecule has 2 N–H and O–H groups in total. The fourth-order valence-electron chi connectivity index (χ4n) is 3.50. The number of fused-ring (bicyclic) bond motifs is 1. The normalized spacial score (nSPS) is 14.3. The van der Waals surface area contributed by atoms with Gasteiger partial charge in [-0.3, -0.25) is 14.4 Å². The molecule has 1 aliphatic rings.